The van der Waals surface area contributed by atoms with Crippen LogP contribution in [0.15, 0.2) is 18.7 Å². The number of hydrogen-bond donors (Lipinski definition) is 2. The van der Waals surface area contributed by atoms with Gasteiger partial charge < -0.3 is 5.43 Å². The molecule has 0 aliphatic carbocycles. The molecule has 0 spiro atoms. The van der Waals surface area contributed by atoms with Crippen LogP contribution in [-0.2, 0) is 6.42 Å². The highest BCUT2D eigenvalue weighted by atomic mass is 15.3. The van der Waals surface area contributed by atoms with E-state index in [2.05, 4.69) is 27.4 Å². The molecule has 3 N–H and O–H groups in total. The molecule has 0 fully saturated rings. The zero-order chi connectivity index (χ0) is 12.3. The number of anilines is 1. The fourth-order valence-electron chi connectivity index (χ4n) is 1.73. The summed E-state index contributed by atoms with van der Waals surface area (Å²) in [6.45, 7) is 4.09. The number of nitrogens with two attached hydrogens (primary N) is 1. The van der Waals surface area contributed by atoms with Gasteiger partial charge in [0.05, 0.1) is 6.20 Å². The van der Waals surface area contributed by atoms with Gasteiger partial charge in [0.15, 0.2) is 5.82 Å². The molecule has 0 aliphatic heterocycles. The van der Waals surface area contributed by atoms with Crippen LogP contribution in [0.5, 0.6) is 0 Å². The maximum Gasteiger partial charge on any atom is 0.162 e. The molecule has 0 aliphatic rings. The normalized spacial score (nSPS) is 10.5. The van der Waals surface area contributed by atoms with E-state index in [1.54, 1.807) is 10.9 Å². The SMILES string of the molecule is CCCc1c(NN)ncnc1-n1cc(C)cn1. The predicted molar refractivity (Wildman–Crippen MR) is 65.7 cm³/mol. The van der Waals surface area contributed by atoms with Crippen molar-refractivity contribution in [2.45, 2.75) is 26.7 Å². The van der Waals surface area contributed by atoms with Crippen molar-refractivity contribution in [3.8, 4) is 5.82 Å². The van der Waals surface area contributed by atoms with E-state index < -0.39 is 0 Å². The summed E-state index contributed by atoms with van der Waals surface area (Å²) in [6.07, 6.45) is 7.07. The highest BCUT2D eigenvalue weighted by Gasteiger charge is 2.12. The van der Waals surface area contributed by atoms with Gasteiger partial charge in [0.2, 0.25) is 0 Å². The molecule has 0 atom stereocenters. The fraction of sp³-hybridized carbons (Fsp3) is 0.364. The van der Waals surface area contributed by atoms with Gasteiger partial charge in [-0.2, -0.15) is 5.10 Å². The molecular weight excluding hydrogens is 216 g/mol. The first-order chi connectivity index (χ1) is 8.26. The minimum absolute atomic E-state index is 0.657. The predicted octanol–water partition coefficient (Wildman–Crippen LogP) is 1.21. The van der Waals surface area contributed by atoms with Crippen LogP contribution in [0.2, 0.25) is 0 Å². The van der Waals surface area contributed by atoms with E-state index in [0.29, 0.717) is 5.82 Å². The van der Waals surface area contributed by atoms with Gasteiger partial charge in [-0.3, -0.25) is 0 Å². The van der Waals surface area contributed by atoms with Crippen molar-refractivity contribution in [3.05, 3.63) is 29.8 Å². The maximum absolute atomic E-state index is 5.46. The van der Waals surface area contributed by atoms with Crippen LogP contribution in [-0.4, -0.2) is 19.7 Å². The molecule has 0 saturated heterocycles. The molecular formula is C11H16N6. The minimum atomic E-state index is 0.657. The van der Waals surface area contributed by atoms with Crippen LogP contribution in [0.1, 0.15) is 24.5 Å². The van der Waals surface area contributed by atoms with Crippen LogP contribution in [0.3, 0.4) is 0 Å². The molecule has 0 radical (unpaired) electrons. The highest BCUT2D eigenvalue weighted by molar-refractivity contribution is 5.50. The molecule has 0 saturated carbocycles. The lowest BCUT2D eigenvalue weighted by molar-refractivity contribution is 0.799. The number of aryl methyl sites for hydroxylation is 1. The van der Waals surface area contributed by atoms with Crippen LogP contribution in [0.4, 0.5) is 5.82 Å². The van der Waals surface area contributed by atoms with E-state index >= 15 is 0 Å². The Kier molecular flexibility index (Phi) is 3.34. The van der Waals surface area contributed by atoms with Crippen molar-refractivity contribution in [1.29, 1.82) is 0 Å². The molecule has 90 valence electrons. The van der Waals surface area contributed by atoms with Gasteiger partial charge in [0, 0.05) is 11.8 Å². The number of hydrazine groups is 1. The number of nitrogens with one attached hydrogen (secondary N) is 1. The molecule has 0 amide bonds. The third-order valence-corrected chi connectivity index (χ3v) is 2.49. The lowest BCUT2D eigenvalue weighted by Crippen LogP contribution is -2.14. The molecule has 2 aromatic rings. The number of aromatic nitrogens is 4. The lowest BCUT2D eigenvalue weighted by Gasteiger charge is -2.11. The Hall–Kier alpha value is -1.95. The highest BCUT2D eigenvalue weighted by Crippen LogP contribution is 2.19. The van der Waals surface area contributed by atoms with Crippen LogP contribution >= 0.6 is 0 Å². The monoisotopic (exact) mass is 232 g/mol. The van der Waals surface area contributed by atoms with Gasteiger partial charge >= 0.3 is 0 Å². The molecule has 2 heterocycles. The second-order valence-corrected chi connectivity index (χ2v) is 3.88. The van der Waals surface area contributed by atoms with Crippen LogP contribution in [0.25, 0.3) is 5.82 Å². The van der Waals surface area contributed by atoms with Gasteiger partial charge in [0.1, 0.15) is 12.1 Å². The molecule has 0 aromatic carbocycles. The lowest BCUT2D eigenvalue weighted by atomic mass is 10.1. The third kappa shape index (κ3) is 2.26. The van der Waals surface area contributed by atoms with Crippen molar-refractivity contribution >= 4 is 5.82 Å². The maximum atomic E-state index is 5.46. The van der Waals surface area contributed by atoms with Gasteiger partial charge in [0.25, 0.3) is 0 Å². The fourth-order valence-corrected chi connectivity index (χ4v) is 1.73. The van der Waals surface area contributed by atoms with E-state index in [-0.39, 0.29) is 0 Å². The standard InChI is InChI=1S/C11H16N6/c1-3-4-9-10(16-12)13-7-14-11(9)17-6-8(2)5-15-17/h5-7H,3-4,12H2,1-2H3,(H,13,14,16). The van der Waals surface area contributed by atoms with Gasteiger partial charge in [-0.05, 0) is 18.9 Å². The first-order valence-corrected chi connectivity index (χ1v) is 5.58. The largest absolute Gasteiger partial charge is 0.308 e. The smallest absolute Gasteiger partial charge is 0.162 e. The van der Waals surface area contributed by atoms with Crippen molar-refractivity contribution in [3.63, 3.8) is 0 Å². The zero-order valence-corrected chi connectivity index (χ0v) is 10.0. The molecule has 0 unspecified atom stereocenters. The average Bonchev–Trinajstić information content (AvgIpc) is 2.76. The summed E-state index contributed by atoms with van der Waals surface area (Å²) in [7, 11) is 0. The summed E-state index contributed by atoms with van der Waals surface area (Å²) in [5, 5.41) is 4.26. The van der Waals surface area contributed by atoms with Crippen LogP contribution < -0.4 is 11.3 Å². The number of nitrogen functional groups attached to an aromatic ring is 1. The van der Waals surface area contributed by atoms with E-state index in [4.69, 9.17) is 5.84 Å². The summed E-state index contributed by atoms with van der Waals surface area (Å²) in [5.74, 6) is 6.90. The Balaban J connectivity index is 2.52. The van der Waals surface area contributed by atoms with Crippen LogP contribution in [0, 0.1) is 6.92 Å². The van der Waals surface area contributed by atoms with Crippen molar-refractivity contribution in [1.82, 2.24) is 19.7 Å². The Morgan fingerprint density at radius 1 is 1.41 bits per heavy atom. The van der Waals surface area contributed by atoms with Crippen molar-refractivity contribution in [2.24, 2.45) is 5.84 Å². The molecule has 6 nitrogen and oxygen atoms in total. The van der Waals surface area contributed by atoms with E-state index in [1.165, 1.54) is 6.33 Å². The Morgan fingerprint density at radius 3 is 2.82 bits per heavy atom. The Labute approximate surface area is 99.9 Å². The number of rotatable bonds is 4. The summed E-state index contributed by atoms with van der Waals surface area (Å²) in [4.78, 5) is 8.40. The summed E-state index contributed by atoms with van der Waals surface area (Å²) in [5.41, 5.74) is 4.68. The number of nitrogens with zero attached hydrogens (tertiary/aromatic N) is 4. The Morgan fingerprint density at radius 2 is 2.24 bits per heavy atom. The topological polar surface area (TPSA) is 81.6 Å². The summed E-state index contributed by atoms with van der Waals surface area (Å²) >= 11 is 0. The second-order valence-electron chi connectivity index (χ2n) is 3.88. The zero-order valence-electron chi connectivity index (χ0n) is 10.0. The molecule has 6 heteroatoms. The molecule has 2 aromatic heterocycles. The van der Waals surface area contributed by atoms with E-state index in [1.807, 2.05) is 13.1 Å². The minimum Gasteiger partial charge on any atom is -0.308 e. The summed E-state index contributed by atoms with van der Waals surface area (Å²) < 4.78 is 1.75. The third-order valence-electron chi connectivity index (χ3n) is 2.49. The van der Waals surface area contributed by atoms with Gasteiger partial charge in [-0.1, -0.05) is 13.3 Å². The first-order valence-electron chi connectivity index (χ1n) is 5.58. The first kappa shape index (κ1) is 11.5. The average molecular weight is 232 g/mol. The molecule has 2 rings (SSSR count). The Bertz CT molecular complexity index is 504. The molecule has 0 bridgehead atoms. The summed E-state index contributed by atoms with van der Waals surface area (Å²) in [6, 6.07) is 0. The van der Waals surface area contributed by atoms with Crippen molar-refractivity contribution in [2.75, 3.05) is 5.43 Å². The van der Waals surface area contributed by atoms with E-state index in [0.717, 1.165) is 29.8 Å². The van der Waals surface area contributed by atoms with E-state index in [9.17, 15) is 0 Å². The molecule has 17 heavy (non-hydrogen) atoms. The number of hydrogen-bond acceptors (Lipinski definition) is 5. The van der Waals surface area contributed by atoms with Crippen molar-refractivity contribution < 1.29 is 0 Å². The quantitative estimate of drug-likeness (QED) is 0.611. The second kappa shape index (κ2) is 4.92. The van der Waals surface area contributed by atoms with Gasteiger partial charge in [-0.15, -0.1) is 0 Å². The van der Waals surface area contributed by atoms with Gasteiger partial charge in [-0.25, -0.2) is 20.5 Å².